The van der Waals surface area contributed by atoms with E-state index in [0.29, 0.717) is 23.5 Å². The first-order valence-electron chi connectivity index (χ1n) is 7.99. The van der Waals surface area contributed by atoms with Crippen molar-refractivity contribution in [3.63, 3.8) is 0 Å². The van der Waals surface area contributed by atoms with Crippen LogP contribution in [0.1, 0.15) is 40.0 Å². The first kappa shape index (κ1) is 17.8. The van der Waals surface area contributed by atoms with E-state index in [-0.39, 0.29) is 30.7 Å². The number of carbonyl (C=O) groups is 3. The Morgan fingerprint density at radius 3 is 2.62 bits per heavy atom. The summed E-state index contributed by atoms with van der Waals surface area (Å²) in [6.45, 7) is 5.72. The minimum Gasteiger partial charge on any atom is -0.481 e. The lowest BCUT2D eigenvalue weighted by Gasteiger charge is -2.36. The fourth-order valence-electron chi connectivity index (χ4n) is 2.60. The molecule has 7 nitrogen and oxygen atoms in total. The van der Waals surface area contributed by atoms with E-state index >= 15 is 0 Å². The van der Waals surface area contributed by atoms with Crippen LogP contribution in [0.3, 0.4) is 0 Å². The first-order valence-corrected chi connectivity index (χ1v) is 7.99. The molecule has 1 aromatic rings. The van der Waals surface area contributed by atoms with Gasteiger partial charge in [-0.3, -0.25) is 14.4 Å². The van der Waals surface area contributed by atoms with Crippen LogP contribution in [0.4, 0.5) is 11.4 Å². The smallest absolute Gasteiger partial charge is 0.303 e. The summed E-state index contributed by atoms with van der Waals surface area (Å²) in [5, 5.41) is 11.3. The van der Waals surface area contributed by atoms with Crippen molar-refractivity contribution in [2.45, 2.75) is 52.2 Å². The molecule has 1 heterocycles. The number of carboxylic acids is 1. The predicted octanol–water partition coefficient (Wildman–Crippen LogP) is 2.40. The third-order valence-electron chi connectivity index (χ3n) is 3.74. The van der Waals surface area contributed by atoms with Crippen LogP contribution in [-0.2, 0) is 14.4 Å². The van der Waals surface area contributed by atoms with Crippen LogP contribution in [-0.4, -0.2) is 35.0 Å². The standard InChI is InChI=1S/C17H22N2O5/c1-4-13-17(23)19(10(2)3)12-9-11(5-6-14(12)24-13)18-15(20)7-8-16(21)22/h5-6,9-10,13H,4,7-8H2,1-3H3,(H,18,20)(H,21,22). The van der Waals surface area contributed by atoms with E-state index in [9.17, 15) is 14.4 Å². The highest BCUT2D eigenvalue weighted by molar-refractivity contribution is 6.01. The van der Waals surface area contributed by atoms with Gasteiger partial charge >= 0.3 is 5.97 Å². The monoisotopic (exact) mass is 334 g/mol. The molecular formula is C17H22N2O5. The van der Waals surface area contributed by atoms with Crippen molar-refractivity contribution in [2.24, 2.45) is 0 Å². The van der Waals surface area contributed by atoms with Gasteiger partial charge in [-0.1, -0.05) is 6.92 Å². The normalized spacial score (nSPS) is 16.6. The van der Waals surface area contributed by atoms with E-state index in [4.69, 9.17) is 9.84 Å². The average molecular weight is 334 g/mol. The average Bonchev–Trinajstić information content (AvgIpc) is 2.51. The van der Waals surface area contributed by atoms with Crippen molar-refractivity contribution in [3.8, 4) is 5.75 Å². The van der Waals surface area contributed by atoms with Gasteiger partial charge in [0.2, 0.25) is 5.91 Å². The van der Waals surface area contributed by atoms with Crippen LogP contribution in [0.2, 0.25) is 0 Å². The molecule has 2 amide bonds. The molecule has 24 heavy (non-hydrogen) atoms. The highest BCUT2D eigenvalue weighted by atomic mass is 16.5. The van der Waals surface area contributed by atoms with Crippen molar-refractivity contribution >= 4 is 29.2 Å². The Balaban J connectivity index is 2.24. The zero-order valence-electron chi connectivity index (χ0n) is 14.0. The maximum Gasteiger partial charge on any atom is 0.303 e. The molecule has 0 saturated heterocycles. The molecule has 1 aliphatic rings. The molecule has 1 unspecified atom stereocenters. The number of hydrogen-bond acceptors (Lipinski definition) is 4. The summed E-state index contributed by atoms with van der Waals surface area (Å²) < 4.78 is 5.73. The van der Waals surface area contributed by atoms with Crippen LogP contribution in [0, 0.1) is 0 Å². The molecule has 1 atom stereocenters. The number of nitrogens with one attached hydrogen (secondary N) is 1. The number of aliphatic carboxylic acids is 1. The molecule has 0 saturated carbocycles. The fraction of sp³-hybridized carbons (Fsp3) is 0.471. The molecule has 0 radical (unpaired) electrons. The maximum atomic E-state index is 12.5. The molecule has 0 aromatic heterocycles. The van der Waals surface area contributed by atoms with Crippen LogP contribution >= 0.6 is 0 Å². The Bertz CT molecular complexity index is 656. The first-order chi connectivity index (χ1) is 11.3. The van der Waals surface area contributed by atoms with Crippen molar-refractivity contribution < 1.29 is 24.2 Å². The number of anilines is 2. The molecule has 7 heteroatoms. The lowest BCUT2D eigenvalue weighted by Crippen LogP contribution is -2.48. The Labute approximate surface area is 140 Å². The van der Waals surface area contributed by atoms with Gasteiger partial charge in [-0.25, -0.2) is 0 Å². The number of ether oxygens (including phenoxy) is 1. The van der Waals surface area contributed by atoms with Gasteiger partial charge in [0.15, 0.2) is 6.10 Å². The van der Waals surface area contributed by atoms with Crippen molar-refractivity contribution in [3.05, 3.63) is 18.2 Å². The quantitative estimate of drug-likeness (QED) is 0.833. The summed E-state index contributed by atoms with van der Waals surface area (Å²) in [5.74, 6) is -0.915. The number of hydrogen-bond donors (Lipinski definition) is 2. The highest BCUT2D eigenvalue weighted by Gasteiger charge is 2.34. The van der Waals surface area contributed by atoms with Gasteiger partial charge in [-0.2, -0.15) is 0 Å². The summed E-state index contributed by atoms with van der Waals surface area (Å²) in [5.41, 5.74) is 1.11. The van der Waals surface area contributed by atoms with Gasteiger partial charge in [0.05, 0.1) is 12.1 Å². The van der Waals surface area contributed by atoms with Crippen molar-refractivity contribution in [1.82, 2.24) is 0 Å². The summed E-state index contributed by atoms with van der Waals surface area (Å²) >= 11 is 0. The molecule has 0 bridgehead atoms. The second-order valence-electron chi connectivity index (χ2n) is 5.94. The van der Waals surface area contributed by atoms with Crippen LogP contribution in [0.25, 0.3) is 0 Å². The highest BCUT2D eigenvalue weighted by Crippen LogP contribution is 2.38. The van der Waals surface area contributed by atoms with Gasteiger partial charge in [0.25, 0.3) is 5.91 Å². The second kappa shape index (κ2) is 7.33. The molecule has 2 rings (SSSR count). The molecule has 0 aliphatic carbocycles. The van der Waals surface area contributed by atoms with Gasteiger partial charge in [-0.15, -0.1) is 0 Å². The Morgan fingerprint density at radius 2 is 2.04 bits per heavy atom. The van der Waals surface area contributed by atoms with Crippen LogP contribution in [0.15, 0.2) is 18.2 Å². The summed E-state index contributed by atoms with van der Waals surface area (Å²) in [4.78, 5) is 36.5. The minimum absolute atomic E-state index is 0.0489. The maximum absolute atomic E-state index is 12.5. The van der Waals surface area contributed by atoms with Crippen LogP contribution in [0.5, 0.6) is 5.75 Å². The number of rotatable bonds is 6. The molecule has 0 spiro atoms. The van der Waals surface area contributed by atoms with E-state index in [0.717, 1.165) is 0 Å². The third-order valence-corrected chi connectivity index (χ3v) is 3.74. The van der Waals surface area contributed by atoms with Crippen molar-refractivity contribution in [2.75, 3.05) is 10.2 Å². The summed E-state index contributed by atoms with van der Waals surface area (Å²) in [6, 6.07) is 5.02. The number of carbonyl (C=O) groups excluding carboxylic acids is 2. The minimum atomic E-state index is -1.02. The number of nitrogens with zero attached hydrogens (tertiary/aromatic N) is 1. The van der Waals surface area contributed by atoms with Crippen LogP contribution < -0.4 is 15.0 Å². The Morgan fingerprint density at radius 1 is 1.33 bits per heavy atom. The van der Waals surface area contributed by atoms with Gasteiger partial charge in [0, 0.05) is 18.2 Å². The molecular weight excluding hydrogens is 312 g/mol. The molecule has 2 N–H and O–H groups in total. The largest absolute Gasteiger partial charge is 0.481 e. The van der Waals surface area contributed by atoms with Gasteiger partial charge in [0.1, 0.15) is 5.75 Å². The molecule has 1 aromatic carbocycles. The number of benzene rings is 1. The predicted molar refractivity (Wildman–Crippen MR) is 89.3 cm³/mol. The number of fused-ring (bicyclic) bond motifs is 1. The topological polar surface area (TPSA) is 95.9 Å². The van der Waals surface area contributed by atoms with E-state index in [1.54, 1.807) is 23.1 Å². The second-order valence-corrected chi connectivity index (χ2v) is 5.94. The van der Waals surface area contributed by atoms with E-state index in [1.165, 1.54) is 0 Å². The van der Waals surface area contributed by atoms with E-state index in [2.05, 4.69) is 5.32 Å². The lowest BCUT2D eigenvalue weighted by atomic mass is 10.1. The summed E-state index contributed by atoms with van der Waals surface area (Å²) in [6.07, 6.45) is -0.256. The molecule has 1 aliphatic heterocycles. The third kappa shape index (κ3) is 3.84. The SMILES string of the molecule is CCC1Oc2ccc(NC(=O)CCC(=O)O)cc2N(C(C)C)C1=O. The Hall–Kier alpha value is -2.57. The van der Waals surface area contributed by atoms with E-state index < -0.39 is 12.1 Å². The zero-order chi connectivity index (χ0) is 17.9. The molecule has 0 fully saturated rings. The van der Waals surface area contributed by atoms with Crippen molar-refractivity contribution in [1.29, 1.82) is 0 Å². The van der Waals surface area contributed by atoms with E-state index in [1.807, 2.05) is 20.8 Å². The van der Waals surface area contributed by atoms with Gasteiger partial charge < -0.3 is 20.1 Å². The molecule has 130 valence electrons. The fourth-order valence-corrected chi connectivity index (χ4v) is 2.60. The number of amides is 2. The zero-order valence-corrected chi connectivity index (χ0v) is 14.0. The summed E-state index contributed by atoms with van der Waals surface area (Å²) in [7, 11) is 0. The Kier molecular flexibility index (Phi) is 5.43. The van der Waals surface area contributed by atoms with Gasteiger partial charge in [-0.05, 0) is 38.5 Å². The lowest BCUT2D eigenvalue weighted by molar-refractivity contribution is -0.138. The number of carboxylic acid groups (broad SMARTS) is 1.